The van der Waals surface area contributed by atoms with E-state index in [1.54, 1.807) is 11.8 Å². The molecule has 4 N–H and O–H groups in total. The summed E-state index contributed by atoms with van der Waals surface area (Å²) < 4.78 is 7.31. The summed E-state index contributed by atoms with van der Waals surface area (Å²) in [6, 6.07) is 6.04. The summed E-state index contributed by atoms with van der Waals surface area (Å²) >= 11 is 5.14. The van der Waals surface area contributed by atoms with Gasteiger partial charge in [0.05, 0.1) is 0 Å². The monoisotopic (exact) mass is 453 g/mol. The summed E-state index contributed by atoms with van der Waals surface area (Å²) in [6.45, 7) is 3.01. The van der Waals surface area contributed by atoms with Crippen molar-refractivity contribution in [3.8, 4) is 5.75 Å². The Kier molecular flexibility index (Phi) is 4.71. The van der Waals surface area contributed by atoms with Gasteiger partial charge < -0.3 is 20.9 Å². The summed E-state index contributed by atoms with van der Waals surface area (Å²) in [6.07, 6.45) is 2.44. The van der Waals surface area contributed by atoms with Gasteiger partial charge in [-0.2, -0.15) is 0 Å². The highest BCUT2D eigenvalue weighted by molar-refractivity contribution is 9.10. The molecule has 4 atom stereocenters. The van der Waals surface area contributed by atoms with Gasteiger partial charge in [-0.25, -0.2) is 4.99 Å². The van der Waals surface area contributed by atoms with E-state index in [9.17, 15) is 9.90 Å². The third-order valence-electron chi connectivity index (χ3n) is 5.73. The van der Waals surface area contributed by atoms with E-state index in [4.69, 9.17) is 15.5 Å². The van der Waals surface area contributed by atoms with Crippen LogP contribution in [0.3, 0.4) is 0 Å². The van der Waals surface area contributed by atoms with Crippen molar-refractivity contribution in [1.82, 2.24) is 5.32 Å². The number of hydrogen-bond donors (Lipinski definition) is 3. The highest BCUT2D eigenvalue weighted by Gasteiger charge is 2.54. The molecular weight excluding hydrogens is 430 g/mol. The number of amides is 1. The molecule has 0 aromatic heterocycles. The number of nitrogens with one attached hydrogen (secondary N) is 1. The number of halogens is 1. The number of fused-ring (bicyclic) bond motifs is 4. The van der Waals surface area contributed by atoms with Gasteiger partial charge >= 0.3 is 0 Å². The van der Waals surface area contributed by atoms with Crippen LogP contribution >= 0.6 is 27.7 Å². The van der Waals surface area contributed by atoms with Crippen LogP contribution in [0.5, 0.6) is 5.75 Å². The van der Waals surface area contributed by atoms with Gasteiger partial charge in [0.25, 0.3) is 5.91 Å². The molecule has 3 aliphatic rings. The first-order chi connectivity index (χ1) is 12.7. The van der Waals surface area contributed by atoms with E-state index in [-0.39, 0.29) is 24.0 Å². The quantitative estimate of drug-likeness (QED) is 0.638. The molecular formula is C19H24BrN3O3S. The number of nitrogens with zero attached hydrogens (tertiary/aromatic N) is 1. The Morgan fingerprint density at radius 1 is 1.48 bits per heavy atom. The van der Waals surface area contributed by atoms with Crippen molar-refractivity contribution >= 4 is 38.8 Å². The molecule has 1 aromatic rings. The average Bonchev–Trinajstić information content (AvgIpc) is 2.98. The molecule has 146 valence electrons. The van der Waals surface area contributed by atoms with Crippen LogP contribution in [0.4, 0.5) is 0 Å². The molecule has 4 rings (SSSR count). The number of carbonyl (C=O) groups excluding carboxylic acids is 1. The molecule has 6 nitrogen and oxygen atoms in total. The Bertz CT molecular complexity index is 810. The van der Waals surface area contributed by atoms with Crippen LogP contribution in [-0.2, 0) is 10.3 Å². The number of aliphatic hydroxyl groups is 1. The Morgan fingerprint density at radius 2 is 2.26 bits per heavy atom. The van der Waals surface area contributed by atoms with Gasteiger partial charge in [-0.1, -0.05) is 27.7 Å². The maximum atomic E-state index is 12.3. The van der Waals surface area contributed by atoms with Crippen molar-refractivity contribution < 1.29 is 14.6 Å². The predicted octanol–water partition coefficient (Wildman–Crippen LogP) is 2.52. The van der Waals surface area contributed by atoms with Crippen molar-refractivity contribution in [2.75, 3.05) is 5.75 Å². The van der Waals surface area contributed by atoms with Crippen LogP contribution in [-0.4, -0.2) is 39.7 Å². The first-order valence-corrected chi connectivity index (χ1v) is 10.9. The standard InChI is InChI=1S/C19H24BrN3O3S/c1-18(2,25)16(24)22-11-4-6-15-13(8-11)19(9-27-17(21)23-19)12-7-10(20)3-5-14(12)26-15/h3,5,7,11,13,15,25H,4,6,8-9H2,1-2H3,(H2,21,23)(H,22,24)/t11-,13+,15+,19?/m1/s1. The lowest BCUT2D eigenvalue weighted by Crippen LogP contribution is -2.55. The van der Waals surface area contributed by atoms with E-state index >= 15 is 0 Å². The van der Waals surface area contributed by atoms with Crippen molar-refractivity contribution in [3.05, 3.63) is 28.2 Å². The molecule has 1 aliphatic carbocycles. The smallest absolute Gasteiger partial charge is 0.251 e. The summed E-state index contributed by atoms with van der Waals surface area (Å²) in [5, 5.41) is 13.6. The van der Waals surface area contributed by atoms with Gasteiger partial charge in [0, 0.05) is 27.7 Å². The molecule has 0 radical (unpaired) electrons. The predicted molar refractivity (Wildman–Crippen MR) is 110 cm³/mol. The zero-order chi connectivity index (χ0) is 19.4. The van der Waals surface area contributed by atoms with Gasteiger partial charge in [0.1, 0.15) is 23.0 Å². The second kappa shape index (κ2) is 6.67. The normalized spacial score (nSPS) is 32.3. The molecule has 1 unspecified atom stereocenters. The number of ether oxygens (including phenoxy) is 1. The average molecular weight is 454 g/mol. The summed E-state index contributed by atoms with van der Waals surface area (Å²) in [4.78, 5) is 17.2. The lowest BCUT2D eigenvalue weighted by atomic mass is 9.67. The first kappa shape index (κ1) is 19.1. The Labute approximate surface area is 171 Å². The van der Waals surface area contributed by atoms with Crippen LogP contribution in [0, 0.1) is 5.92 Å². The SMILES string of the molecule is CC(C)(O)C(=O)N[C@@H]1CC[C@@H]2Oc3ccc(Br)cc3C3(CSC(N)=N3)[C@H]2C1. The summed E-state index contributed by atoms with van der Waals surface area (Å²) in [5.74, 6) is 1.42. The second-order valence-electron chi connectivity index (χ2n) is 8.11. The minimum Gasteiger partial charge on any atom is -0.490 e. The van der Waals surface area contributed by atoms with E-state index in [0.717, 1.165) is 40.8 Å². The molecule has 27 heavy (non-hydrogen) atoms. The van der Waals surface area contributed by atoms with Crippen LogP contribution in [0.2, 0.25) is 0 Å². The molecule has 1 spiro atoms. The molecule has 0 saturated heterocycles. The topological polar surface area (TPSA) is 96.9 Å². The Balaban J connectivity index is 1.68. The van der Waals surface area contributed by atoms with Gasteiger partial charge in [0.2, 0.25) is 0 Å². The Morgan fingerprint density at radius 3 is 2.93 bits per heavy atom. The number of benzene rings is 1. The van der Waals surface area contributed by atoms with E-state index in [1.165, 1.54) is 13.8 Å². The van der Waals surface area contributed by atoms with E-state index < -0.39 is 11.1 Å². The number of thioether (sulfide) groups is 1. The number of hydrogen-bond acceptors (Lipinski definition) is 6. The van der Waals surface area contributed by atoms with Crippen LogP contribution in [0.15, 0.2) is 27.7 Å². The third kappa shape index (κ3) is 3.36. The Hall–Kier alpha value is -1.25. The number of aliphatic imine (C=N–C) groups is 1. The number of nitrogens with two attached hydrogens (primary N) is 1. The first-order valence-electron chi connectivity index (χ1n) is 9.17. The number of amidine groups is 1. The highest BCUT2D eigenvalue weighted by Crippen LogP contribution is 2.54. The molecule has 2 heterocycles. The fourth-order valence-electron chi connectivity index (χ4n) is 4.36. The largest absolute Gasteiger partial charge is 0.490 e. The minimum atomic E-state index is -1.39. The van der Waals surface area contributed by atoms with E-state index in [1.807, 2.05) is 12.1 Å². The molecule has 1 aromatic carbocycles. The molecule has 0 bridgehead atoms. The minimum absolute atomic E-state index is 0.0126. The second-order valence-corrected chi connectivity index (χ2v) is 10.0. The van der Waals surface area contributed by atoms with Crippen LogP contribution in [0.1, 0.15) is 38.7 Å². The van der Waals surface area contributed by atoms with E-state index in [0.29, 0.717) is 5.17 Å². The van der Waals surface area contributed by atoms with Gasteiger partial charge in [-0.3, -0.25) is 4.79 Å². The maximum absolute atomic E-state index is 12.3. The molecule has 1 fully saturated rings. The molecule has 8 heteroatoms. The fraction of sp³-hybridized carbons (Fsp3) is 0.579. The summed E-state index contributed by atoms with van der Waals surface area (Å²) in [5.41, 5.74) is 5.32. The lowest BCUT2D eigenvalue weighted by molar-refractivity contribution is -0.138. The van der Waals surface area contributed by atoms with Gasteiger partial charge in [0.15, 0.2) is 5.17 Å². The van der Waals surface area contributed by atoms with Gasteiger partial charge in [-0.15, -0.1) is 0 Å². The maximum Gasteiger partial charge on any atom is 0.251 e. The van der Waals surface area contributed by atoms with Crippen molar-refractivity contribution in [2.45, 2.75) is 56.4 Å². The van der Waals surface area contributed by atoms with Crippen molar-refractivity contribution in [1.29, 1.82) is 0 Å². The highest BCUT2D eigenvalue weighted by atomic mass is 79.9. The van der Waals surface area contributed by atoms with Crippen molar-refractivity contribution in [2.24, 2.45) is 16.6 Å². The van der Waals surface area contributed by atoms with Crippen molar-refractivity contribution in [3.63, 3.8) is 0 Å². The molecule has 1 amide bonds. The summed E-state index contributed by atoms with van der Waals surface area (Å²) in [7, 11) is 0. The zero-order valence-corrected chi connectivity index (χ0v) is 17.8. The number of rotatable bonds is 2. The third-order valence-corrected chi connectivity index (χ3v) is 7.19. The molecule has 1 saturated carbocycles. The van der Waals surface area contributed by atoms with Gasteiger partial charge in [-0.05, 0) is 51.3 Å². The lowest BCUT2D eigenvalue weighted by Gasteiger charge is -2.48. The van der Waals surface area contributed by atoms with E-state index in [2.05, 4.69) is 27.3 Å². The van der Waals surface area contributed by atoms with Crippen LogP contribution in [0.25, 0.3) is 0 Å². The van der Waals surface area contributed by atoms with Crippen LogP contribution < -0.4 is 15.8 Å². The molecule has 2 aliphatic heterocycles. The zero-order valence-electron chi connectivity index (χ0n) is 15.4. The number of carbonyl (C=O) groups is 1. The fourth-order valence-corrected chi connectivity index (χ4v) is 5.75.